The Labute approximate surface area is 721 Å². The molecule has 0 aliphatic heterocycles. The van der Waals surface area contributed by atoms with E-state index in [9.17, 15) is 106 Å². The van der Waals surface area contributed by atoms with E-state index in [0.717, 1.165) is 46.2 Å². The molecule has 0 spiro atoms. The van der Waals surface area contributed by atoms with Gasteiger partial charge in [-0.15, -0.1) is 0 Å². The second kappa shape index (κ2) is 47.4. The number of aromatic nitrogens is 2. The molecule has 0 saturated heterocycles. The molecule has 0 bridgehead atoms. The molecule has 0 saturated carbocycles. The predicted octanol–water partition coefficient (Wildman–Crippen LogP) is 2.25. The molecular formula is C85H107F4N15O22. The largest absolute Gasteiger partial charge is 0.481 e. The number of hydrogen-bond acceptors (Lipinski definition) is 19. The predicted molar refractivity (Wildman–Crippen MR) is 443 cm³/mol. The summed E-state index contributed by atoms with van der Waals surface area (Å²) in [6, 6.07) is 11.1. The lowest BCUT2D eigenvalue weighted by atomic mass is 9.82. The molecule has 2 aromatic heterocycles. The second-order valence-electron chi connectivity index (χ2n) is 32.0. The van der Waals surface area contributed by atoms with E-state index >= 15 is 8.78 Å². The van der Waals surface area contributed by atoms with E-state index in [1.54, 1.807) is 111 Å². The van der Waals surface area contributed by atoms with Gasteiger partial charge in [-0.25, -0.2) is 27.2 Å². The Morgan fingerprint density at radius 2 is 0.762 bits per heavy atom. The number of aliphatic carboxylic acids is 4. The molecule has 9 atom stereocenters. The fourth-order valence-corrected chi connectivity index (χ4v) is 14.0. The lowest BCUT2D eigenvalue weighted by molar-refractivity contribution is -0.144. The van der Waals surface area contributed by atoms with Crippen molar-refractivity contribution in [1.29, 1.82) is 0 Å². The van der Waals surface area contributed by atoms with Gasteiger partial charge in [-0.05, 0) is 103 Å². The van der Waals surface area contributed by atoms with Crippen LogP contribution in [0.1, 0.15) is 153 Å². The molecule has 126 heavy (non-hydrogen) atoms. The van der Waals surface area contributed by atoms with Crippen molar-refractivity contribution in [2.45, 2.75) is 186 Å². The maximum atomic E-state index is 15.6. The van der Waals surface area contributed by atoms with Gasteiger partial charge in [0.05, 0.1) is 31.0 Å². The third-order valence-corrected chi connectivity index (χ3v) is 20.0. The van der Waals surface area contributed by atoms with Crippen molar-refractivity contribution in [2.75, 3.05) is 39.4 Å². The Bertz CT molecular complexity index is 4900. The molecule has 6 aromatic rings. The normalized spacial score (nSPS) is 13.5. The van der Waals surface area contributed by atoms with Crippen molar-refractivity contribution < 1.29 is 125 Å². The van der Waals surface area contributed by atoms with Crippen molar-refractivity contribution in [3.63, 3.8) is 0 Å². The molecule has 4 aromatic carbocycles. The summed E-state index contributed by atoms with van der Waals surface area (Å²) >= 11 is 0. The van der Waals surface area contributed by atoms with Crippen LogP contribution in [0.2, 0.25) is 0 Å². The number of carbonyl (C=O) groups excluding carboxylic acids is 12. The van der Waals surface area contributed by atoms with E-state index in [1.807, 2.05) is 0 Å². The molecule has 20 N–H and O–H groups in total. The number of benzene rings is 4. The zero-order valence-corrected chi connectivity index (χ0v) is 70.1. The van der Waals surface area contributed by atoms with Gasteiger partial charge in [0.25, 0.3) is 0 Å². The quantitative estimate of drug-likeness (QED) is 0.0244. The van der Waals surface area contributed by atoms with Crippen LogP contribution in [0.25, 0.3) is 22.3 Å². The molecule has 0 aliphatic rings. The molecule has 2 heterocycles. The van der Waals surface area contributed by atoms with Crippen molar-refractivity contribution in [3.8, 4) is 22.3 Å². The average molecular weight is 1770 g/mol. The third kappa shape index (κ3) is 31.4. The summed E-state index contributed by atoms with van der Waals surface area (Å²) in [5.41, 5.74) is 17.4. The molecule has 0 radical (unpaired) electrons. The van der Waals surface area contributed by atoms with Gasteiger partial charge in [-0.1, -0.05) is 102 Å². The van der Waals surface area contributed by atoms with Gasteiger partial charge in [0.2, 0.25) is 70.9 Å². The smallest absolute Gasteiger partial charge is 0.326 e. The first kappa shape index (κ1) is 101. The monoisotopic (exact) mass is 1770 g/mol. The van der Waals surface area contributed by atoms with Crippen molar-refractivity contribution in [2.24, 2.45) is 28.0 Å². The van der Waals surface area contributed by atoms with E-state index in [-0.39, 0.29) is 35.3 Å². The van der Waals surface area contributed by atoms with Crippen LogP contribution in [0.5, 0.6) is 0 Å². The summed E-state index contributed by atoms with van der Waals surface area (Å²) in [5.74, 6) is -22.7. The number of primary amides is 2. The van der Waals surface area contributed by atoms with Crippen LogP contribution in [0.15, 0.2) is 122 Å². The first-order chi connectivity index (χ1) is 59.3. The number of carbonyl (C=O) groups is 16. The second-order valence-corrected chi connectivity index (χ2v) is 32.0. The Kier molecular flexibility index (Phi) is 38.2. The van der Waals surface area contributed by atoms with Gasteiger partial charge < -0.3 is 109 Å². The van der Waals surface area contributed by atoms with Gasteiger partial charge in [0, 0.05) is 117 Å². The highest BCUT2D eigenvalue weighted by atomic mass is 19.1. The van der Waals surface area contributed by atoms with E-state index in [2.05, 4.69) is 42.5 Å². The third-order valence-electron chi connectivity index (χ3n) is 20.0. The highest BCUT2D eigenvalue weighted by molar-refractivity contribution is 5.97. The number of aliphatic hydroxyl groups excluding tert-OH is 2. The van der Waals surface area contributed by atoms with Gasteiger partial charge in [-0.2, -0.15) is 0 Å². The van der Waals surface area contributed by atoms with Gasteiger partial charge in [0.1, 0.15) is 72.7 Å². The van der Waals surface area contributed by atoms with Crippen LogP contribution in [0, 0.1) is 34.1 Å². The number of halogens is 4. The Hall–Kier alpha value is -13.4. The fraction of sp³-hybridized carbons (Fsp3) is 0.435. The zero-order chi connectivity index (χ0) is 93.6. The van der Waals surface area contributed by atoms with E-state index in [4.69, 9.17) is 27.4 Å². The van der Waals surface area contributed by atoms with Crippen LogP contribution in [0.3, 0.4) is 0 Å². The first-order valence-corrected chi connectivity index (χ1v) is 40.0. The topological polar surface area (TPSA) is 585 Å². The van der Waals surface area contributed by atoms with E-state index in [1.165, 1.54) is 24.5 Å². The van der Waals surface area contributed by atoms with Crippen LogP contribution in [0.4, 0.5) is 17.6 Å². The Balaban J connectivity index is 1.28. The summed E-state index contributed by atoms with van der Waals surface area (Å²) in [6.45, 7) is 5.79. The van der Waals surface area contributed by atoms with Gasteiger partial charge in [0.15, 0.2) is 0 Å². The molecule has 41 heteroatoms. The highest BCUT2D eigenvalue weighted by Crippen LogP contribution is 2.43. The average Bonchev–Trinajstić information content (AvgIpc) is 1.63. The van der Waals surface area contributed by atoms with Crippen molar-refractivity contribution in [1.82, 2.24) is 61.5 Å². The number of carboxylic acid groups (broad SMARTS) is 4. The minimum atomic E-state index is -2.04. The zero-order valence-electron chi connectivity index (χ0n) is 70.1. The molecule has 0 aliphatic carbocycles. The summed E-state index contributed by atoms with van der Waals surface area (Å²) in [7, 11) is 0. The van der Waals surface area contributed by atoms with Crippen LogP contribution < -0.4 is 59.7 Å². The number of aliphatic hydroxyl groups is 2. The molecule has 682 valence electrons. The minimum Gasteiger partial charge on any atom is -0.481 e. The van der Waals surface area contributed by atoms with Crippen LogP contribution in [-0.2, 0) is 89.8 Å². The lowest BCUT2D eigenvalue weighted by Gasteiger charge is -2.41. The molecule has 0 fully saturated rings. The number of carboxylic acids is 4. The van der Waals surface area contributed by atoms with E-state index in [0.29, 0.717) is 22.5 Å². The van der Waals surface area contributed by atoms with Gasteiger partial charge in [-0.3, -0.25) is 67.1 Å². The summed E-state index contributed by atoms with van der Waals surface area (Å²) in [4.78, 5) is 215. The van der Waals surface area contributed by atoms with Crippen molar-refractivity contribution in [3.05, 3.63) is 167 Å². The number of amides is 12. The summed E-state index contributed by atoms with van der Waals surface area (Å²) < 4.78 is 64.3. The summed E-state index contributed by atoms with van der Waals surface area (Å²) in [6.07, 6.45) is -5.36. The fourth-order valence-electron chi connectivity index (χ4n) is 14.0. The van der Waals surface area contributed by atoms with Gasteiger partial charge >= 0.3 is 23.9 Å². The minimum absolute atomic E-state index is 0.0806. The Morgan fingerprint density at radius 3 is 1.10 bits per heavy atom. The maximum Gasteiger partial charge on any atom is 0.326 e. The molecular weight excluding hydrogens is 1660 g/mol. The van der Waals surface area contributed by atoms with E-state index < -0.39 is 300 Å². The standard InChI is InChI=1S/C85H107F4N15O22/c1-84(2,3)75(64-35-49(53-37-51(86)17-19-55(53)88)43-101(64)41-47-13-9-7-10-14-47)103(71(112)45-105)33-29-58(78(119)93-31-27-69(110)95-60(82(123)124)22-25-73(114)115)98-80(121)62(39-66(91)107)97-68(109)24-21-57(90)77(118)100-63(40-67(92)108)81(122)99-59(79(120)94-32-28-70(111)96-61(83(125)126)23-26-74(116)117)30-34-104(72(113)46-106)76(85(4,5)6)65-36-50(54-38-52(87)18-20-56(54)89)44-102(65)42-48-15-11-8-12-16-48/h7-20,35-38,43-44,57-63,75-76,105-106H,21-34,39-42,45-46,90H2,1-6H3,(H2,91,107)(H2,92,108)(H,93,119)(H,94,120)(H,95,110)(H,96,111)(H,97,109)(H,98,121)(H,99,122)(H,100,118)(H,114,115)(H,116,117)(H,123,124)(H,125,126)/t57-,58-,59-,60+,61+,62-,63-,75-,76-/m0/s1. The number of nitrogens with zero attached hydrogens (tertiary/aromatic N) is 4. The molecule has 0 unspecified atom stereocenters. The molecule has 12 amide bonds. The number of rotatable bonds is 50. The molecule has 37 nitrogen and oxygen atoms in total. The van der Waals surface area contributed by atoms with Crippen LogP contribution >= 0.6 is 0 Å². The molecule has 6 rings (SSSR count). The highest BCUT2D eigenvalue weighted by Gasteiger charge is 2.42. The number of hydrogen-bond donors (Lipinski definition) is 17. The maximum absolute atomic E-state index is 15.6. The SMILES string of the molecule is CC(C)(C)[C@H](c1cc(-c2cc(F)ccc2F)cn1Cc1ccccc1)N(CC[C@H](NC(=O)[C@H](CC(N)=O)NC(=O)CC[C@H](N)C(=O)N[C@@H](CC(N)=O)C(=O)N[C@@H](CCN(C(=O)CO)[C@@H](c1cc(-c2cc(F)ccc2F)cn1Cc1ccccc1)C(C)(C)C)C(=O)NCCC(=O)N[C@H](CCC(=O)O)C(=O)O)C(=O)NCCC(=O)N[C@H](CCC(=O)O)C(=O)O)C(=O)CO. The number of nitrogens with two attached hydrogens (primary N) is 3. The first-order valence-electron chi connectivity index (χ1n) is 40.0. The van der Waals surface area contributed by atoms with Crippen LogP contribution in [-0.4, -0.2) is 226 Å². The van der Waals surface area contributed by atoms with Crippen molar-refractivity contribution >= 4 is 94.8 Å². The lowest BCUT2D eigenvalue weighted by Crippen LogP contribution is -2.57. The Morgan fingerprint density at radius 1 is 0.413 bits per heavy atom. The number of nitrogens with one attached hydrogen (secondary N) is 8. The summed E-state index contributed by atoms with van der Waals surface area (Å²) in [5, 5.41) is 77.4.